The summed E-state index contributed by atoms with van der Waals surface area (Å²) in [5, 5.41) is 2.75. The van der Waals surface area contributed by atoms with E-state index in [1.54, 1.807) is 19.1 Å². The molecule has 2 aromatic carbocycles. The fraction of sp³-hybridized carbons (Fsp3) is 0.250. The van der Waals surface area contributed by atoms with E-state index < -0.39 is 0 Å². The van der Waals surface area contributed by atoms with Gasteiger partial charge in [0.2, 0.25) is 5.91 Å². The van der Waals surface area contributed by atoms with E-state index in [2.05, 4.69) is 16.8 Å². The van der Waals surface area contributed by atoms with Gasteiger partial charge >= 0.3 is 5.97 Å². The lowest BCUT2D eigenvalue weighted by molar-refractivity contribution is -0.114. The highest BCUT2D eigenvalue weighted by atomic mass is 16.5. The molecule has 0 unspecified atom stereocenters. The van der Waals surface area contributed by atoms with Crippen molar-refractivity contribution in [1.29, 1.82) is 0 Å². The van der Waals surface area contributed by atoms with E-state index >= 15 is 0 Å². The van der Waals surface area contributed by atoms with E-state index in [0.29, 0.717) is 12.2 Å². The summed E-state index contributed by atoms with van der Waals surface area (Å²) >= 11 is 0. The summed E-state index contributed by atoms with van der Waals surface area (Å²) in [6, 6.07) is 13.0. The molecular weight excluding hydrogens is 330 g/mol. The van der Waals surface area contributed by atoms with Gasteiger partial charge in [-0.1, -0.05) is 0 Å². The molecule has 1 amide bonds. The Kier molecular flexibility index (Phi) is 5.02. The van der Waals surface area contributed by atoms with Crippen LogP contribution in [0.3, 0.4) is 0 Å². The fourth-order valence-electron chi connectivity index (χ4n) is 2.92. The number of aryl methyl sites for hydroxylation is 1. The Morgan fingerprint density at radius 2 is 1.85 bits per heavy atom. The van der Waals surface area contributed by atoms with Gasteiger partial charge in [0, 0.05) is 24.7 Å². The molecule has 6 nitrogen and oxygen atoms in total. The molecule has 6 heteroatoms. The molecule has 0 aliphatic heterocycles. The zero-order chi connectivity index (χ0) is 18.7. The molecule has 1 N–H and O–H groups in total. The number of nitrogens with zero attached hydrogens (tertiary/aromatic N) is 2. The first kappa shape index (κ1) is 17.7. The summed E-state index contributed by atoms with van der Waals surface area (Å²) < 4.78 is 7.16. The number of aromatic nitrogens is 2. The lowest BCUT2D eigenvalue weighted by atomic mass is 10.2. The average Bonchev–Trinajstić information content (AvgIpc) is 2.99. The van der Waals surface area contributed by atoms with Gasteiger partial charge in [-0.15, -0.1) is 0 Å². The zero-order valence-corrected chi connectivity index (χ0v) is 15.1. The molecule has 0 aliphatic carbocycles. The molecule has 0 spiro atoms. The highest BCUT2D eigenvalue weighted by Gasteiger charge is 2.14. The Morgan fingerprint density at radius 1 is 1.12 bits per heavy atom. The fourth-order valence-corrected chi connectivity index (χ4v) is 2.92. The number of carbonyl (C=O) groups excluding carboxylic acids is 2. The molecule has 134 valence electrons. The monoisotopic (exact) mass is 351 g/mol. The maximum Gasteiger partial charge on any atom is 0.338 e. The number of carbonyl (C=O) groups is 2. The van der Waals surface area contributed by atoms with Gasteiger partial charge in [0.25, 0.3) is 0 Å². The summed E-state index contributed by atoms with van der Waals surface area (Å²) in [5.74, 6) is 0.365. The number of fused-ring (bicyclic) bond motifs is 1. The largest absolute Gasteiger partial charge is 0.462 e. The Hall–Kier alpha value is -3.15. The van der Waals surface area contributed by atoms with Crippen molar-refractivity contribution < 1.29 is 14.3 Å². The number of esters is 1. The number of benzene rings is 2. The van der Waals surface area contributed by atoms with Crippen LogP contribution in [0.5, 0.6) is 0 Å². The van der Waals surface area contributed by atoms with E-state index in [9.17, 15) is 9.59 Å². The van der Waals surface area contributed by atoms with E-state index in [1.807, 2.05) is 30.3 Å². The van der Waals surface area contributed by atoms with Gasteiger partial charge in [-0.3, -0.25) is 4.79 Å². The van der Waals surface area contributed by atoms with Crippen molar-refractivity contribution in [2.45, 2.75) is 27.3 Å². The Balaban J connectivity index is 2.02. The van der Waals surface area contributed by atoms with Gasteiger partial charge in [-0.2, -0.15) is 0 Å². The van der Waals surface area contributed by atoms with Crippen LogP contribution in [0, 0.1) is 0 Å². The van der Waals surface area contributed by atoms with Crippen molar-refractivity contribution in [3.63, 3.8) is 0 Å². The van der Waals surface area contributed by atoms with Gasteiger partial charge in [0.05, 0.1) is 23.2 Å². The van der Waals surface area contributed by atoms with Crippen molar-refractivity contribution in [3.05, 3.63) is 48.0 Å². The molecule has 0 atom stereocenters. The molecule has 1 heterocycles. The minimum Gasteiger partial charge on any atom is -0.462 e. The molecule has 0 saturated heterocycles. The smallest absolute Gasteiger partial charge is 0.338 e. The van der Waals surface area contributed by atoms with Crippen molar-refractivity contribution >= 4 is 28.6 Å². The molecular formula is C20H21N3O3. The third-order valence-corrected chi connectivity index (χ3v) is 4.04. The molecule has 3 rings (SSSR count). The number of hydrogen-bond donors (Lipinski definition) is 1. The standard InChI is InChI=1S/C20H21N3O3/c1-4-23-18-11-8-15(20(25)26-5-2)12-17(18)22-19(23)14-6-9-16(10-7-14)21-13(3)24/h6-12H,4-5H2,1-3H3,(H,21,24). The van der Waals surface area contributed by atoms with E-state index in [4.69, 9.17) is 9.72 Å². The number of anilines is 1. The lowest BCUT2D eigenvalue weighted by Gasteiger charge is -2.07. The maximum atomic E-state index is 12.0. The summed E-state index contributed by atoms with van der Waals surface area (Å²) in [7, 11) is 0. The van der Waals surface area contributed by atoms with Crippen LogP contribution in [0.1, 0.15) is 31.1 Å². The molecule has 1 aromatic heterocycles. The number of hydrogen-bond acceptors (Lipinski definition) is 4. The number of amides is 1. The van der Waals surface area contributed by atoms with Crippen LogP contribution in [0.4, 0.5) is 5.69 Å². The summed E-state index contributed by atoms with van der Waals surface area (Å²) in [6.07, 6.45) is 0. The third-order valence-electron chi connectivity index (χ3n) is 4.04. The molecule has 0 aliphatic rings. The number of ether oxygens (including phenoxy) is 1. The molecule has 26 heavy (non-hydrogen) atoms. The van der Waals surface area contributed by atoms with E-state index in [0.717, 1.165) is 34.7 Å². The van der Waals surface area contributed by atoms with Crippen molar-refractivity contribution in [2.24, 2.45) is 0 Å². The molecule has 0 saturated carbocycles. The van der Waals surface area contributed by atoms with Crippen molar-refractivity contribution in [1.82, 2.24) is 9.55 Å². The Morgan fingerprint density at radius 3 is 2.46 bits per heavy atom. The molecule has 0 fully saturated rings. The second-order valence-electron chi connectivity index (χ2n) is 5.86. The SMILES string of the molecule is CCOC(=O)c1ccc2c(c1)nc(-c1ccc(NC(C)=O)cc1)n2CC. The summed E-state index contributed by atoms with van der Waals surface area (Å²) in [4.78, 5) is 27.8. The van der Waals surface area contributed by atoms with E-state index in [-0.39, 0.29) is 11.9 Å². The van der Waals surface area contributed by atoms with Crippen LogP contribution >= 0.6 is 0 Å². The van der Waals surface area contributed by atoms with Gasteiger partial charge < -0.3 is 14.6 Å². The first-order valence-corrected chi connectivity index (χ1v) is 8.59. The topological polar surface area (TPSA) is 73.2 Å². The van der Waals surface area contributed by atoms with Crippen LogP contribution in [-0.4, -0.2) is 28.0 Å². The van der Waals surface area contributed by atoms with Crippen LogP contribution < -0.4 is 5.32 Å². The second-order valence-corrected chi connectivity index (χ2v) is 5.86. The number of rotatable bonds is 5. The van der Waals surface area contributed by atoms with E-state index in [1.165, 1.54) is 6.92 Å². The highest BCUT2D eigenvalue weighted by molar-refractivity contribution is 5.94. The normalized spacial score (nSPS) is 10.7. The van der Waals surface area contributed by atoms with Gasteiger partial charge in [0.1, 0.15) is 5.82 Å². The molecule has 3 aromatic rings. The summed E-state index contributed by atoms with van der Waals surface area (Å²) in [5.41, 5.74) is 3.88. The van der Waals surface area contributed by atoms with Crippen LogP contribution in [0.15, 0.2) is 42.5 Å². The van der Waals surface area contributed by atoms with Crippen molar-refractivity contribution in [2.75, 3.05) is 11.9 Å². The minimum absolute atomic E-state index is 0.106. The minimum atomic E-state index is -0.346. The van der Waals surface area contributed by atoms with Crippen molar-refractivity contribution in [3.8, 4) is 11.4 Å². The quantitative estimate of drug-likeness (QED) is 0.709. The van der Waals surface area contributed by atoms with Gasteiger partial charge in [-0.05, 0) is 56.3 Å². The van der Waals surface area contributed by atoms with Crippen LogP contribution in [-0.2, 0) is 16.1 Å². The summed E-state index contributed by atoms with van der Waals surface area (Å²) in [6.45, 7) is 6.40. The van der Waals surface area contributed by atoms with Gasteiger partial charge in [0.15, 0.2) is 0 Å². The first-order chi connectivity index (χ1) is 12.5. The highest BCUT2D eigenvalue weighted by Crippen LogP contribution is 2.27. The second kappa shape index (κ2) is 7.39. The van der Waals surface area contributed by atoms with Crippen LogP contribution in [0.2, 0.25) is 0 Å². The first-order valence-electron chi connectivity index (χ1n) is 8.59. The zero-order valence-electron chi connectivity index (χ0n) is 15.1. The molecule has 0 bridgehead atoms. The predicted molar refractivity (Wildman–Crippen MR) is 101 cm³/mol. The predicted octanol–water partition coefficient (Wildman–Crippen LogP) is 3.86. The Labute approximate surface area is 151 Å². The third kappa shape index (κ3) is 3.44. The Bertz CT molecular complexity index is 958. The molecule has 0 radical (unpaired) electrons. The average molecular weight is 351 g/mol. The maximum absolute atomic E-state index is 12.0. The number of nitrogens with one attached hydrogen (secondary N) is 1. The number of imidazole rings is 1. The lowest BCUT2D eigenvalue weighted by Crippen LogP contribution is -2.05. The van der Waals surface area contributed by atoms with Gasteiger partial charge in [-0.25, -0.2) is 9.78 Å². The van der Waals surface area contributed by atoms with Crippen LogP contribution in [0.25, 0.3) is 22.4 Å².